The minimum Gasteiger partial charge on any atom is -0.495 e. The number of fused-ring (bicyclic) bond motifs is 2. The normalized spacial score (nSPS) is 22.1. The fraction of sp³-hybridized carbons (Fsp3) is 0.375. The number of aliphatic hydroxyl groups is 1. The van der Waals surface area contributed by atoms with E-state index in [4.69, 9.17) is 16.3 Å². The topological polar surface area (TPSA) is 74.3 Å². The van der Waals surface area contributed by atoms with Crippen molar-refractivity contribution in [2.45, 2.75) is 49.4 Å². The van der Waals surface area contributed by atoms with E-state index >= 15 is 8.78 Å². The van der Waals surface area contributed by atoms with Gasteiger partial charge in [-0.2, -0.15) is 22.0 Å². The first-order valence-corrected chi connectivity index (χ1v) is 10.9. The van der Waals surface area contributed by atoms with Gasteiger partial charge in [-0.05, 0) is 41.7 Å². The zero-order valence-electron chi connectivity index (χ0n) is 18.9. The third-order valence-corrected chi connectivity index (χ3v) is 6.79. The van der Waals surface area contributed by atoms with Gasteiger partial charge in [-0.1, -0.05) is 37.6 Å². The number of rotatable bonds is 4. The van der Waals surface area contributed by atoms with E-state index in [1.54, 1.807) is 6.07 Å². The van der Waals surface area contributed by atoms with Crippen LogP contribution < -0.4 is 15.6 Å². The summed E-state index contributed by atoms with van der Waals surface area (Å²) in [5, 5.41) is 14.6. The number of halogens is 6. The molecule has 2 atom stereocenters. The minimum absolute atomic E-state index is 0.0182. The van der Waals surface area contributed by atoms with Crippen molar-refractivity contribution in [2.24, 2.45) is 0 Å². The van der Waals surface area contributed by atoms with E-state index in [1.165, 1.54) is 57.4 Å². The van der Waals surface area contributed by atoms with Crippen molar-refractivity contribution in [2.75, 3.05) is 12.4 Å². The number of hydrogen-bond acceptors (Lipinski definition) is 4. The molecule has 35 heavy (non-hydrogen) atoms. The van der Waals surface area contributed by atoms with Crippen molar-refractivity contribution >= 4 is 28.2 Å². The summed E-state index contributed by atoms with van der Waals surface area (Å²) in [6.07, 6.45) is -6.99. The van der Waals surface area contributed by atoms with E-state index in [-0.39, 0.29) is 22.0 Å². The Labute approximate surface area is 201 Å². The van der Waals surface area contributed by atoms with Crippen molar-refractivity contribution in [1.29, 1.82) is 0 Å². The van der Waals surface area contributed by atoms with Crippen molar-refractivity contribution in [3.63, 3.8) is 0 Å². The molecule has 2 aromatic carbocycles. The van der Waals surface area contributed by atoms with Gasteiger partial charge < -0.3 is 20.1 Å². The summed E-state index contributed by atoms with van der Waals surface area (Å²) in [6.45, 7) is 2.89. The Kier molecular flexibility index (Phi) is 5.84. The number of benzene rings is 2. The molecule has 1 aromatic heterocycles. The van der Waals surface area contributed by atoms with Crippen LogP contribution >= 0.6 is 11.6 Å². The number of anilines is 1. The molecule has 1 aliphatic rings. The van der Waals surface area contributed by atoms with E-state index in [0.717, 1.165) is 0 Å². The number of hydrogen-bond donors (Lipinski definition) is 3. The maximum Gasteiger partial charge on any atom is 0.456 e. The predicted octanol–water partition coefficient (Wildman–Crippen LogP) is 5.95. The van der Waals surface area contributed by atoms with Gasteiger partial charge in [-0.15, -0.1) is 0 Å². The Morgan fingerprint density at radius 1 is 1.11 bits per heavy atom. The lowest BCUT2D eigenvalue weighted by molar-refractivity contribution is -0.349. The van der Waals surface area contributed by atoms with Gasteiger partial charge >= 0.3 is 12.1 Å². The standard InChI is InChI=1S/C24H22ClF5N2O3/c1-21(2)11-22(34,23(26,27)24(28,29)30)20(13-7-9-14(25)19(35-3)18(13)21)32-16-6-4-5-15-12(16)8-10-17(33)31-15/h4-10,20,32,34H,11H2,1-3H3,(H,31,33). The fourth-order valence-corrected chi connectivity index (χ4v) is 5.27. The largest absolute Gasteiger partial charge is 0.495 e. The number of ether oxygens (including phenoxy) is 1. The van der Waals surface area contributed by atoms with Crippen LogP contribution in [0.15, 0.2) is 47.3 Å². The molecule has 4 rings (SSSR count). The zero-order valence-corrected chi connectivity index (χ0v) is 19.6. The van der Waals surface area contributed by atoms with Crippen LogP contribution in [0.2, 0.25) is 5.02 Å². The monoisotopic (exact) mass is 516 g/mol. The molecule has 11 heteroatoms. The van der Waals surface area contributed by atoms with Gasteiger partial charge in [0, 0.05) is 22.7 Å². The Balaban J connectivity index is 2.02. The molecule has 0 saturated heterocycles. The zero-order chi connectivity index (χ0) is 26.0. The Bertz CT molecular complexity index is 1360. The van der Waals surface area contributed by atoms with Crippen LogP contribution in [0.3, 0.4) is 0 Å². The molecule has 2 unspecified atom stereocenters. The second-order valence-electron chi connectivity index (χ2n) is 9.27. The molecule has 0 spiro atoms. The second-order valence-corrected chi connectivity index (χ2v) is 9.68. The molecule has 0 bridgehead atoms. The highest BCUT2D eigenvalue weighted by atomic mass is 35.5. The number of methoxy groups -OCH3 is 1. The molecule has 188 valence electrons. The van der Waals surface area contributed by atoms with Gasteiger partial charge in [0.15, 0.2) is 5.60 Å². The van der Waals surface area contributed by atoms with Crippen molar-refractivity contribution in [1.82, 2.24) is 4.98 Å². The summed E-state index contributed by atoms with van der Waals surface area (Å²) < 4.78 is 76.7. The molecular formula is C24H22ClF5N2O3. The molecule has 0 fully saturated rings. The SMILES string of the molecule is COc1c(Cl)ccc2c1C(C)(C)CC(O)(C(F)(F)C(F)(F)F)C2Nc1cccc2[nH]c(=O)ccc12. The van der Waals surface area contributed by atoms with Crippen LogP contribution in [0.5, 0.6) is 5.75 Å². The summed E-state index contributed by atoms with van der Waals surface area (Å²) in [7, 11) is 1.31. The molecule has 3 N–H and O–H groups in total. The summed E-state index contributed by atoms with van der Waals surface area (Å²) in [5.74, 6) is -5.36. The number of alkyl halides is 5. The maximum absolute atomic E-state index is 15.1. The van der Waals surface area contributed by atoms with Gasteiger partial charge in [-0.25, -0.2) is 0 Å². The molecule has 0 saturated carbocycles. The average Bonchev–Trinajstić information content (AvgIpc) is 2.75. The first-order valence-electron chi connectivity index (χ1n) is 10.6. The van der Waals surface area contributed by atoms with Crippen molar-refractivity contribution in [3.8, 4) is 5.75 Å². The van der Waals surface area contributed by atoms with Crippen LogP contribution in [0, 0.1) is 0 Å². The van der Waals surface area contributed by atoms with Gasteiger partial charge in [0.25, 0.3) is 0 Å². The first kappa shape index (κ1) is 25.2. The summed E-state index contributed by atoms with van der Waals surface area (Å²) in [6, 6.07) is 7.82. The molecule has 5 nitrogen and oxygen atoms in total. The number of pyridine rings is 1. The highest BCUT2D eigenvalue weighted by molar-refractivity contribution is 6.32. The molecule has 3 aromatic rings. The quantitative estimate of drug-likeness (QED) is 0.374. The van der Waals surface area contributed by atoms with Gasteiger partial charge in [0.1, 0.15) is 5.75 Å². The number of nitrogens with one attached hydrogen (secondary N) is 2. The molecule has 0 amide bonds. The van der Waals surface area contributed by atoms with E-state index in [2.05, 4.69) is 10.3 Å². The Morgan fingerprint density at radius 3 is 2.43 bits per heavy atom. The predicted molar refractivity (Wildman–Crippen MR) is 123 cm³/mol. The van der Waals surface area contributed by atoms with E-state index in [1.807, 2.05) is 0 Å². The second kappa shape index (κ2) is 8.09. The lowest BCUT2D eigenvalue weighted by Gasteiger charge is -2.51. The summed E-state index contributed by atoms with van der Waals surface area (Å²) >= 11 is 6.25. The third kappa shape index (κ3) is 3.83. The average molecular weight is 517 g/mol. The van der Waals surface area contributed by atoms with Crippen molar-refractivity contribution in [3.05, 3.63) is 69.0 Å². The number of H-pyrrole nitrogens is 1. The lowest BCUT2D eigenvalue weighted by Crippen LogP contribution is -2.65. The molecule has 1 heterocycles. The van der Waals surface area contributed by atoms with Crippen LogP contribution in [0.1, 0.15) is 37.4 Å². The van der Waals surface area contributed by atoms with Gasteiger partial charge in [0.2, 0.25) is 5.56 Å². The van der Waals surface area contributed by atoms with E-state index < -0.39 is 41.1 Å². The molecular weight excluding hydrogens is 495 g/mol. The smallest absolute Gasteiger partial charge is 0.456 e. The Hall–Kier alpha value is -2.85. The lowest BCUT2D eigenvalue weighted by atomic mass is 9.61. The van der Waals surface area contributed by atoms with Crippen LogP contribution in [-0.4, -0.2) is 34.9 Å². The maximum atomic E-state index is 15.1. The first-order chi connectivity index (χ1) is 16.1. The highest BCUT2D eigenvalue weighted by Gasteiger charge is 2.74. The van der Waals surface area contributed by atoms with E-state index in [9.17, 15) is 23.1 Å². The summed E-state index contributed by atoms with van der Waals surface area (Å²) in [5.41, 5.74) is -4.63. The Morgan fingerprint density at radius 2 is 1.80 bits per heavy atom. The fourth-order valence-electron chi connectivity index (χ4n) is 5.04. The van der Waals surface area contributed by atoms with Crippen LogP contribution in [-0.2, 0) is 5.41 Å². The minimum atomic E-state index is -6.03. The van der Waals surface area contributed by atoms with Crippen LogP contribution in [0.25, 0.3) is 10.9 Å². The van der Waals surface area contributed by atoms with Crippen molar-refractivity contribution < 1.29 is 31.8 Å². The highest BCUT2D eigenvalue weighted by Crippen LogP contribution is 2.60. The van der Waals surface area contributed by atoms with Crippen LogP contribution in [0.4, 0.5) is 27.6 Å². The molecule has 0 aliphatic heterocycles. The summed E-state index contributed by atoms with van der Waals surface area (Å²) in [4.78, 5) is 14.3. The van der Waals surface area contributed by atoms with Gasteiger partial charge in [-0.3, -0.25) is 4.79 Å². The molecule has 1 aliphatic carbocycles. The van der Waals surface area contributed by atoms with Gasteiger partial charge in [0.05, 0.1) is 23.7 Å². The molecule has 0 radical (unpaired) electrons. The number of aromatic amines is 1. The third-order valence-electron chi connectivity index (χ3n) is 6.49. The number of aromatic nitrogens is 1. The van der Waals surface area contributed by atoms with E-state index in [0.29, 0.717) is 16.5 Å².